The van der Waals surface area contributed by atoms with Crippen molar-refractivity contribution in [2.75, 3.05) is 0 Å². The van der Waals surface area contributed by atoms with E-state index in [9.17, 15) is 12.8 Å². The zero-order valence-corrected chi connectivity index (χ0v) is 13.6. The molecule has 0 unspecified atom stereocenters. The molecule has 0 bridgehead atoms. The summed E-state index contributed by atoms with van der Waals surface area (Å²) < 4.78 is 40.0. The predicted octanol–water partition coefficient (Wildman–Crippen LogP) is 3.81. The van der Waals surface area contributed by atoms with Crippen LogP contribution in [0.2, 0.25) is 0 Å². The van der Waals surface area contributed by atoms with E-state index in [1.54, 1.807) is 36.4 Å². The maximum Gasteiger partial charge on any atom is 0.226 e. The largest absolute Gasteiger partial charge is 0.232 e. The molecule has 0 radical (unpaired) electrons. The highest BCUT2D eigenvalue weighted by atomic mass is 127. The van der Waals surface area contributed by atoms with Gasteiger partial charge in [-0.15, -0.1) is 0 Å². The van der Waals surface area contributed by atoms with Crippen molar-refractivity contribution in [1.29, 1.82) is 0 Å². The van der Waals surface area contributed by atoms with Crippen LogP contribution in [0.3, 0.4) is 0 Å². The van der Waals surface area contributed by atoms with Crippen LogP contribution in [-0.4, -0.2) is 13.4 Å². The van der Waals surface area contributed by atoms with E-state index in [1.807, 2.05) is 22.6 Å². The van der Waals surface area contributed by atoms with Gasteiger partial charge in [-0.2, -0.15) is 0 Å². The van der Waals surface area contributed by atoms with Gasteiger partial charge in [0.05, 0.1) is 10.4 Å². The summed E-state index contributed by atoms with van der Waals surface area (Å²) in [6, 6.07) is 14.2. The molecule has 3 aromatic rings. The second kappa shape index (κ2) is 5.34. The molecule has 21 heavy (non-hydrogen) atoms. The zero-order chi connectivity index (χ0) is 15.0. The second-order valence-electron chi connectivity index (χ2n) is 4.40. The van der Waals surface area contributed by atoms with Crippen LogP contribution in [0.4, 0.5) is 4.39 Å². The van der Waals surface area contributed by atoms with Crippen molar-refractivity contribution in [3.63, 3.8) is 0 Å². The lowest BCUT2D eigenvalue weighted by molar-refractivity contribution is 0.556. The molecule has 106 valence electrons. The molecule has 6 heteroatoms. The van der Waals surface area contributed by atoms with E-state index in [4.69, 9.17) is 0 Å². The van der Waals surface area contributed by atoms with Crippen LogP contribution in [0.5, 0.6) is 0 Å². The Hall–Kier alpha value is -1.54. The van der Waals surface area contributed by atoms with E-state index in [0.29, 0.717) is 10.9 Å². The molecule has 3 nitrogen and oxygen atoms in total. The van der Waals surface area contributed by atoms with Crippen LogP contribution >= 0.6 is 22.6 Å². The van der Waals surface area contributed by atoms with Crippen molar-refractivity contribution in [1.82, 2.24) is 4.98 Å². The first-order valence-electron chi connectivity index (χ1n) is 6.05. The number of hydrogen-bond acceptors (Lipinski definition) is 3. The van der Waals surface area contributed by atoms with Crippen molar-refractivity contribution in [2.45, 2.75) is 9.92 Å². The van der Waals surface area contributed by atoms with E-state index in [1.165, 1.54) is 18.2 Å². The van der Waals surface area contributed by atoms with Crippen LogP contribution in [0, 0.1) is 9.39 Å². The highest BCUT2D eigenvalue weighted by molar-refractivity contribution is 14.1. The standard InChI is InChI=1S/C15H9FINO2S/c16-12-9-10-5-4-8-13(17)14(10)18-15(12)21(19,20)11-6-2-1-3-7-11/h1-9H. The fraction of sp³-hybridized carbons (Fsp3) is 0. The number of sulfone groups is 1. The number of halogens is 2. The highest BCUT2D eigenvalue weighted by Crippen LogP contribution is 2.26. The Morgan fingerprint density at radius 3 is 2.43 bits per heavy atom. The molecular formula is C15H9FINO2S. The first-order valence-corrected chi connectivity index (χ1v) is 8.61. The minimum atomic E-state index is -3.97. The SMILES string of the molecule is O=S(=O)(c1ccccc1)c1nc2c(I)cccc2cc1F. The van der Waals surface area contributed by atoms with Gasteiger partial charge in [-0.1, -0.05) is 30.3 Å². The van der Waals surface area contributed by atoms with Crippen molar-refractivity contribution in [2.24, 2.45) is 0 Å². The smallest absolute Gasteiger partial charge is 0.226 e. The van der Waals surface area contributed by atoms with E-state index >= 15 is 0 Å². The number of fused-ring (bicyclic) bond motifs is 1. The summed E-state index contributed by atoms with van der Waals surface area (Å²) in [5.41, 5.74) is 0.481. The monoisotopic (exact) mass is 413 g/mol. The van der Waals surface area contributed by atoms with Gasteiger partial charge in [-0.3, -0.25) is 0 Å². The average molecular weight is 413 g/mol. The molecule has 0 aliphatic rings. The van der Waals surface area contributed by atoms with Crippen LogP contribution in [-0.2, 0) is 9.84 Å². The Balaban J connectivity index is 2.30. The first kappa shape index (κ1) is 14.4. The van der Waals surface area contributed by atoms with Gasteiger partial charge in [0.1, 0.15) is 0 Å². The Morgan fingerprint density at radius 2 is 1.71 bits per heavy atom. The third kappa shape index (κ3) is 2.53. The van der Waals surface area contributed by atoms with Gasteiger partial charge in [0.25, 0.3) is 0 Å². The van der Waals surface area contributed by atoms with Crippen molar-refractivity contribution >= 4 is 43.3 Å². The molecule has 0 saturated carbocycles. The number of pyridine rings is 1. The quantitative estimate of drug-likeness (QED) is 0.601. The Bertz CT molecular complexity index is 927. The summed E-state index contributed by atoms with van der Waals surface area (Å²) in [7, 11) is -3.97. The third-order valence-corrected chi connectivity index (χ3v) is 5.58. The molecule has 1 aromatic heterocycles. The minimum Gasteiger partial charge on any atom is -0.232 e. The first-order chi connectivity index (χ1) is 10.00. The number of hydrogen-bond donors (Lipinski definition) is 0. The molecule has 3 rings (SSSR count). The third-order valence-electron chi connectivity index (χ3n) is 3.03. The lowest BCUT2D eigenvalue weighted by Gasteiger charge is -2.07. The molecule has 0 aliphatic heterocycles. The van der Waals surface area contributed by atoms with Crippen LogP contribution in [0.15, 0.2) is 64.5 Å². The molecule has 0 atom stereocenters. The van der Waals surface area contributed by atoms with Crippen LogP contribution < -0.4 is 0 Å². The molecule has 2 aromatic carbocycles. The number of rotatable bonds is 2. The number of aromatic nitrogens is 1. The van der Waals surface area contributed by atoms with Crippen molar-refractivity contribution < 1.29 is 12.8 Å². The number of nitrogens with zero attached hydrogens (tertiary/aromatic N) is 1. The maximum absolute atomic E-state index is 14.2. The molecular weight excluding hydrogens is 404 g/mol. The topological polar surface area (TPSA) is 47.0 Å². The van der Waals surface area contributed by atoms with E-state index in [2.05, 4.69) is 4.98 Å². The summed E-state index contributed by atoms with van der Waals surface area (Å²) in [5, 5.41) is 0.0386. The van der Waals surface area contributed by atoms with Crippen LogP contribution in [0.25, 0.3) is 10.9 Å². The molecule has 0 amide bonds. The summed E-state index contributed by atoms with van der Waals surface area (Å²) in [6.45, 7) is 0. The van der Waals surface area contributed by atoms with Crippen LogP contribution in [0.1, 0.15) is 0 Å². The number of para-hydroxylation sites is 1. The molecule has 0 N–H and O–H groups in total. The fourth-order valence-electron chi connectivity index (χ4n) is 2.02. The van der Waals surface area contributed by atoms with Gasteiger partial charge in [0, 0.05) is 8.96 Å². The van der Waals surface area contributed by atoms with Gasteiger partial charge in [-0.25, -0.2) is 17.8 Å². The van der Waals surface area contributed by atoms with Gasteiger partial charge in [-0.05, 0) is 46.9 Å². The lowest BCUT2D eigenvalue weighted by atomic mass is 10.2. The van der Waals surface area contributed by atoms with Crippen molar-refractivity contribution in [3.05, 3.63) is 64.0 Å². The van der Waals surface area contributed by atoms with Gasteiger partial charge in [0.15, 0.2) is 10.8 Å². The molecule has 0 fully saturated rings. The Kier molecular flexibility index (Phi) is 3.66. The highest BCUT2D eigenvalue weighted by Gasteiger charge is 2.24. The predicted molar refractivity (Wildman–Crippen MR) is 86.3 cm³/mol. The number of benzene rings is 2. The molecule has 0 saturated heterocycles. The lowest BCUT2D eigenvalue weighted by Crippen LogP contribution is -2.08. The van der Waals surface area contributed by atoms with Gasteiger partial charge >= 0.3 is 0 Å². The molecule has 0 spiro atoms. The van der Waals surface area contributed by atoms with E-state index in [-0.39, 0.29) is 4.90 Å². The second-order valence-corrected chi connectivity index (χ2v) is 7.43. The summed E-state index contributed by atoms with van der Waals surface area (Å²) in [4.78, 5) is 4.08. The summed E-state index contributed by atoms with van der Waals surface area (Å²) in [6.07, 6.45) is 0. The molecule has 1 heterocycles. The minimum absolute atomic E-state index is 0.0293. The van der Waals surface area contributed by atoms with E-state index < -0.39 is 20.7 Å². The normalized spacial score (nSPS) is 11.7. The summed E-state index contributed by atoms with van der Waals surface area (Å²) in [5.74, 6) is -0.839. The van der Waals surface area contributed by atoms with Gasteiger partial charge < -0.3 is 0 Å². The summed E-state index contributed by atoms with van der Waals surface area (Å²) >= 11 is 2.05. The van der Waals surface area contributed by atoms with Crippen molar-refractivity contribution in [3.8, 4) is 0 Å². The fourth-order valence-corrected chi connectivity index (χ4v) is 3.92. The zero-order valence-electron chi connectivity index (χ0n) is 10.6. The van der Waals surface area contributed by atoms with Gasteiger partial charge in [0.2, 0.25) is 9.84 Å². The molecule has 0 aliphatic carbocycles. The Labute approximate surface area is 134 Å². The maximum atomic E-state index is 14.2. The Morgan fingerprint density at radius 1 is 1.00 bits per heavy atom. The average Bonchev–Trinajstić information content (AvgIpc) is 2.47. The van der Waals surface area contributed by atoms with E-state index in [0.717, 1.165) is 3.57 Å².